The van der Waals surface area contributed by atoms with Crippen molar-refractivity contribution in [1.82, 2.24) is 14.9 Å². The van der Waals surface area contributed by atoms with Crippen LogP contribution in [0.1, 0.15) is 24.0 Å². The second-order valence-corrected chi connectivity index (χ2v) is 8.11. The van der Waals surface area contributed by atoms with Gasteiger partial charge in [0.05, 0.1) is 10.6 Å². The van der Waals surface area contributed by atoms with Crippen LogP contribution in [0.2, 0.25) is 5.02 Å². The number of aromatic nitrogens is 2. The van der Waals surface area contributed by atoms with Gasteiger partial charge in [0.15, 0.2) is 0 Å². The van der Waals surface area contributed by atoms with E-state index in [4.69, 9.17) is 21.6 Å². The molecule has 2 N–H and O–H groups in total. The maximum atomic E-state index is 9.03. The molecule has 0 saturated carbocycles. The number of nitrogens with one attached hydrogen (secondary N) is 2. The van der Waals surface area contributed by atoms with Crippen molar-refractivity contribution < 1.29 is 4.74 Å². The van der Waals surface area contributed by atoms with Crippen molar-refractivity contribution in [2.24, 2.45) is 0 Å². The van der Waals surface area contributed by atoms with Gasteiger partial charge in [0, 0.05) is 29.7 Å². The molecule has 7 nitrogen and oxygen atoms in total. The van der Waals surface area contributed by atoms with E-state index in [1.54, 1.807) is 24.4 Å². The van der Waals surface area contributed by atoms with E-state index in [0.29, 0.717) is 29.0 Å². The van der Waals surface area contributed by atoms with Gasteiger partial charge >= 0.3 is 0 Å². The quantitative estimate of drug-likeness (QED) is 0.485. The fraction of sp³-hybridized carbons (Fsp3) is 0.292. The standard InChI is InChI=1S/C24H25ClN6O/c1-17-16-27-24(30-23(17)28-20-5-4-18(15-26)22(25)14-20)29-19-6-8-21(9-7-19)32-13-12-31-10-2-3-11-31/h4-9,14,16H,2-3,10-13H2,1H3,(H2,27,28,29,30). The molecule has 8 heteroatoms. The molecule has 32 heavy (non-hydrogen) atoms. The lowest BCUT2D eigenvalue weighted by Crippen LogP contribution is -2.25. The number of halogens is 1. The van der Waals surface area contributed by atoms with Gasteiger partial charge in [-0.2, -0.15) is 10.2 Å². The molecule has 1 aromatic heterocycles. The molecule has 1 aliphatic rings. The average molecular weight is 449 g/mol. The second kappa shape index (κ2) is 10.3. The minimum Gasteiger partial charge on any atom is -0.492 e. The van der Waals surface area contributed by atoms with Crippen molar-refractivity contribution >= 4 is 34.7 Å². The lowest BCUT2D eigenvalue weighted by molar-refractivity contribution is 0.238. The van der Waals surface area contributed by atoms with Gasteiger partial charge in [-0.1, -0.05) is 11.6 Å². The Morgan fingerprint density at radius 2 is 1.84 bits per heavy atom. The zero-order valence-electron chi connectivity index (χ0n) is 17.9. The third kappa shape index (κ3) is 5.67. The minimum atomic E-state index is 0.394. The van der Waals surface area contributed by atoms with E-state index in [9.17, 15) is 0 Å². The predicted molar refractivity (Wildman–Crippen MR) is 127 cm³/mol. The Morgan fingerprint density at radius 1 is 1.09 bits per heavy atom. The molecule has 1 saturated heterocycles. The monoisotopic (exact) mass is 448 g/mol. The highest BCUT2D eigenvalue weighted by atomic mass is 35.5. The Balaban J connectivity index is 1.36. The van der Waals surface area contributed by atoms with Crippen LogP contribution in [-0.4, -0.2) is 41.1 Å². The molecule has 0 unspecified atom stereocenters. The molecule has 2 heterocycles. The normalized spacial score (nSPS) is 13.5. The van der Waals surface area contributed by atoms with E-state index in [1.807, 2.05) is 31.2 Å². The number of nitriles is 1. The van der Waals surface area contributed by atoms with Gasteiger partial charge in [-0.05, 0) is 75.3 Å². The third-order valence-electron chi connectivity index (χ3n) is 5.31. The summed E-state index contributed by atoms with van der Waals surface area (Å²) in [4.78, 5) is 11.4. The van der Waals surface area contributed by atoms with Crippen molar-refractivity contribution in [2.75, 3.05) is 36.9 Å². The van der Waals surface area contributed by atoms with Crippen LogP contribution in [0.15, 0.2) is 48.7 Å². The number of rotatable bonds is 8. The summed E-state index contributed by atoms with van der Waals surface area (Å²) in [6, 6.07) is 15.0. The maximum Gasteiger partial charge on any atom is 0.229 e. The van der Waals surface area contributed by atoms with Gasteiger partial charge in [0.25, 0.3) is 0 Å². The molecule has 0 radical (unpaired) electrons. The minimum absolute atomic E-state index is 0.394. The summed E-state index contributed by atoms with van der Waals surface area (Å²) >= 11 is 6.13. The van der Waals surface area contributed by atoms with Crippen LogP contribution in [0.5, 0.6) is 5.75 Å². The van der Waals surface area contributed by atoms with Gasteiger partial charge < -0.3 is 15.4 Å². The summed E-state index contributed by atoms with van der Waals surface area (Å²) < 4.78 is 5.86. The van der Waals surface area contributed by atoms with Crippen LogP contribution in [-0.2, 0) is 0 Å². The van der Waals surface area contributed by atoms with Gasteiger partial charge in [-0.25, -0.2) is 4.98 Å². The number of aryl methyl sites for hydroxylation is 1. The first kappa shape index (κ1) is 21.9. The molecule has 3 aromatic rings. The molecule has 164 valence electrons. The maximum absolute atomic E-state index is 9.03. The SMILES string of the molecule is Cc1cnc(Nc2ccc(OCCN3CCCC3)cc2)nc1Nc1ccc(C#N)c(Cl)c1. The largest absolute Gasteiger partial charge is 0.492 e. The fourth-order valence-corrected chi connectivity index (χ4v) is 3.73. The number of benzene rings is 2. The van der Waals surface area contributed by atoms with Gasteiger partial charge in [0.1, 0.15) is 24.2 Å². The molecule has 0 bridgehead atoms. The lowest BCUT2D eigenvalue weighted by Gasteiger charge is -2.15. The van der Waals surface area contributed by atoms with Crippen molar-refractivity contribution in [1.29, 1.82) is 5.26 Å². The van der Waals surface area contributed by atoms with E-state index in [0.717, 1.165) is 29.2 Å². The molecule has 0 atom stereocenters. The molecule has 0 aliphatic carbocycles. The number of likely N-dealkylation sites (tertiary alicyclic amines) is 1. The highest BCUT2D eigenvalue weighted by Crippen LogP contribution is 2.25. The highest BCUT2D eigenvalue weighted by Gasteiger charge is 2.11. The van der Waals surface area contributed by atoms with E-state index < -0.39 is 0 Å². The fourth-order valence-electron chi connectivity index (χ4n) is 3.51. The Morgan fingerprint density at radius 3 is 2.56 bits per heavy atom. The molecule has 0 amide bonds. The second-order valence-electron chi connectivity index (χ2n) is 7.70. The molecular formula is C24H25ClN6O. The summed E-state index contributed by atoms with van der Waals surface area (Å²) in [5.74, 6) is 1.98. The number of ether oxygens (including phenoxy) is 1. The molecule has 1 aliphatic heterocycles. The van der Waals surface area contributed by atoms with Crippen molar-refractivity contribution in [2.45, 2.75) is 19.8 Å². The zero-order chi connectivity index (χ0) is 22.3. The zero-order valence-corrected chi connectivity index (χ0v) is 18.7. The van der Waals surface area contributed by atoms with Crippen LogP contribution >= 0.6 is 11.6 Å². The topological polar surface area (TPSA) is 86.1 Å². The van der Waals surface area contributed by atoms with Crippen molar-refractivity contribution in [3.8, 4) is 11.8 Å². The van der Waals surface area contributed by atoms with Crippen LogP contribution < -0.4 is 15.4 Å². The van der Waals surface area contributed by atoms with Crippen LogP contribution in [0.3, 0.4) is 0 Å². The van der Waals surface area contributed by atoms with Crippen LogP contribution in [0.4, 0.5) is 23.1 Å². The van der Waals surface area contributed by atoms with E-state index in [1.165, 1.54) is 25.9 Å². The summed E-state index contributed by atoms with van der Waals surface area (Å²) in [7, 11) is 0. The van der Waals surface area contributed by atoms with Crippen LogP contribution in [0, 0.1) is 18.3 Å². The molecular weight excluding hydrogens is 424 g/mol. The number of anilines is 4. The summed E-state index contributed by atoms with van der Waals surface area (Å²) in [5, 5.41) is 15.9. The van der Waals surface area contributed by atoms with Crippen LogP contribution in [0.25, 0.3) is 0 Å². The van der Waals surface area contributed by atoms with Gasteiger partial charge in [-0.3, -0.25) is 4.90 Å². The van der Waals surface area contributed by atoms with Crippen molar-refractivity contribution in [3.63, 3.8) is 0 Å². The predicted octanol–water partition coefficient (Wildman–Crippen LogP) is 5.27. The van der Waals surface area contributed by atoms with Crippen molar-refractivity contribution in [3.05, 3.63) is 64.8 Å². The lowest BCUT2D eigenvalue weighted by atomic mass is 10.2. The number of nitrogens with zero attached hydrogens (tertiary/aromatic N) is 4. The molecule has 4 rings (SSSR count). The first-order valence-corrected chi connectivity index (χ1v) is 11.0. The van der Waals surface area contributed by atoms with Gasteiger partial charge in [-0.15, -0.1) is 0 Å². The summed E-state index contributed by atoms with van der Waals surface area (Å²) in [6.07, 6.45) is 4.33. The summed E-state index contributed by atoms with van der Waals surface area (Å²) in [5.41, 5.74) is 2.94. The molecule has 1 fully saturated rings. The smallest absolute Gasteiger partial charge is 0.229 e. The Labute approximate surface area is 193 Å². The van der Waals surface area contributed by atoms with Gasteiger partial charge in [0.2, 0.25) is 5.95 Å². The average Bonchev–Trinajstić information content (AvgIpc) is 3.31. The first-order chi connectivity index (χ1) is 15.6. The van der Waals surface area contributed by atoms with E-state index >= 15 is 0 Å². The molecule has 2 aromatic carbocycles. The number of hydrogen-bond acceptors (Lipinski definition) is 7. The highest BCUT2D eigenvalue weighted by molar-refractivity contribution is 6.32. The van der Waals surface area contributed by atoms with E-state index in [-0.39, 0.29) is 0 Å². The van der Waals surface area contributed by atoms with E-state index in [2.05, 4.69) is 31.6 Å². The Kier molecular flexibility index (Phi) is 7.05. The molecule has 0 spiro atoms. The first-order valence-electron chi connectivity index (χ1n) is 10.6. The summed E-state index contributed by atoms with van der Waals surface area (Å²) in [6.45, 7) is 5.95. The third-order valence-corrected chi connectivity index (χ3v) is 5.62. The number of hydrogen-bond donors (Lipinski definition) is 2. The Bertz CT molecular complexity index is 1110. The Hall–Kier alpha value is -3.34.